The van der Waals surface area contributed by atoms with Gasteiger partial charge in [0, 0.05) is 30.4 Å². The van der Waals surface area contributed by atoms with Crippen molar-refractivity contribution in [2.75, 3.05) is 18.4 Å². The molecule has 1 fully saturated rings. The first-order chi connectivity index (χ1) is 8.75. The van der Waals surface area contributed by atoms with Crippen LogP contribution in [0.15, 0.2) is 18.2 Å². The first kappa shape index (κ1) is 11.6. The maximum atomic E-state index is 12.5. The molecule has 1 aromatic carbocycles. The SMILES string of the molecule is CC1CCCCN1C(=O)c1ccc2c(c1)CCN2. The lowest BCUT2D eigenvalue weighted by atomic mass is 10.0. The minimum absolute atomic E-state index is 0.205. The lowest BCUT2D eigenvalue weighted by molar-refractivity contribution is 0.0635. The molecule has 1 unspecified atom stereocenters. The summed E-state index contributed by atoms with van der Waals surface area (Å²) in [6.45, 7) is 4.06. The van der Waals surface area contributed by atoms with E-state index in [1.54, 1.807) is 0 Å². The highest BCUT2D eigenvalue weighted by atomic mass is 16.2. The monoisotopic (exact) mass is 244 g/mol. The van der Waals surface area contributed by atoms with E-state index in [1.807, 2.05) is 17.0 Å². The van der Waals surface area contributed by atoms with Gasteiger partial charge in [0.05, 0.1) is 0 Å². The Bertz CT molecular complexity index is 470. The van der Waals surface area contributed by atoms with Crippen molar-refractivity contribution in [3.05, 3.63) is 29.3 Å². The van der Waals surface area contributed by atoms with Crippen LogP contribution in [0.2, 0.25) is 0 Å². The summed E-state index contributed by atoms with van der Waals surface area (Å²) in [5, 5.41) is 3.33. The van der Waals surface area contributed by atoms with Crippen molar-refractivity contribution >= 4 is 11.6 Å². The third-order valence-electron chi connectivity index (χ3n) is 4.13. The molecule has 0 saturated carbocycles. The molecule has 1 saturated heterocycles. The number of amides is 1. The van der Waals surface area contributed by atoms with Gasteiger partial charge in [-0.2, -0.15) is 0 Å². The minimum Gasteiger partial charge on any atom is -0.384 e. The third kappa shape index (κ3) is 1.98. The molecule has 96 valence electrons. The van der Waals surface area contributed by atoms with E-state index in [1.165, 1.54) is 17.7 Å². The Morgan fingerprint density at radius 2 is 2.28 bits per heavy atom. The summed E-state index contributed by atoms with van der Waals surface area (Å²) >= 11 is 0. The number of nitrogens with zero attached hydrogens (tertiary/aromatic N) is 1. The van der Waals surface area contributed by atoms with Gasteiger partial charge < -0.3 is 10.2 Å². The third-order valence-corrected chi connectivity index (χ3v) is 4.13. The van der Waals surface area contributed by atoms with E-state index in [0.29, 0.717) is 6.04 Å². The quantitative estimate of drug-likeness (QED) is 0.823. The van der Waals surface area contributed by atoms with E-state index in [-0.39, 0.29) is 5.91 Å². The molecular formula is C15H20N2O. The van der Waals surface area contributed by atoms with Crippen LogP contribution in [0.4, 0.5) is 5.69 Å². The van der Waals surface area contributed by atoms with Gasteiger partial charge in [-0.25, -0.2) is 0 Å². The number of hydrogen-bond acceptors (Lipinski definition) is 2. The number of piperidine rings is 1. The van der Waals surface area contributed by atoms with Gasteiger partial charge in [0.1, 0.15) is 0 Å². The molecule has 1 atom stereocenters. The zero-order valence-electron chi connectivity index (χ0n) is 10.9. The fourth-order valence-corrected chi connectivity index (χ4v) is 3.00. The smallest absolute Gasteiger partial charge is 0.254 e. The number of hydrogen-bond donors (Lipinski definition) is 1. The van der Waals surface area contributed by atoms with Crippen LogP contribution in [0.1, 0.15) is 42.1 Å². The van der Waals surface area contributed by atoms with Crippen LogP contribution in [0.3, 0.4) is 0 Å². The van der Waals surface area contributed by atoms with E-state index in [0.717, 1.165) is 37.9 Å². The molecule has 3 heteroatoms. The van der Waals surface area contributed by atoms with Crippen molar-refractivity contribution in [1.82, 2.24) is 4.90 Å². The molecule has 1 N–H and O–H groups in total. The first-order valence-electron chi connectivity index (χ1n) is 6.93. The van der Waals surface area contributed by atoms with Crippen molar-refractivity contribution in [2.24, 2.45) is 0 Å². The molecule has 1 amide bonds. The summed E-state index contributed by atoms with van der Waals surface area (Å²) in [7, 11) is 0. The van der Waals surface area contributed by atoms with Crippen LogP contribution >= 0.6 is 0 Å². The van der Waals surface area contributed by atoms with Crippen LogP contribution in [-0.4, -0.2) is 29.9 Å². The zero-order valence-corrected chi connectivity index (χ0v) is 10.9. The second-order valence-corrected chi connectivity index (χ2v) is 5.39. The Morgan fingerprint density at radius 1 is 1.39 bits per heavy atom. The summed E-state index contributed by atoms with van der Waals surface area (Å²) in [6.07, 6.45) is 4.56. The van der Waals surface area contributed by atoms with Crippen molar-refractivity contribution in [3.8, 4) is 0 Å². The Balaban J connectivity index is 1.83. The van der Waals surface area contributed by atoms with E-state index in [4.69, 9.17) is 0 Å². The maximum absolute atomic E-state index is 12.5. The largest absolute Gasteiger partial charge is 0.384 e. The van der Waals surface area contributed by atoms with E-state index in [2.05, 4.69) is 18.3 Å². The van der Waals surface area contributed by atoms with Crippen molar-refractivity contribution in [1.29, 1.82) is 0 Å². The number of carbonyl (C=O) groups excluding carboxylic acids is 1. The fraction of sp³-hybridized carbons (Fsp3) is 0.533. The summed E-state index contributed by atoms with van der Waals surface area (Å²) in [5.41, 5.74) is 3.33. The molecule has 0 spiro atoms. The Kier molecular flexibility index (Phi) is 2.98. The van der Waals surface area contributed by atoms with Gasteiger partial charge in [-0.3, -0.25) is 4.79 Å². The molecule has 0 aromatic heterocycles. The summed E-state index contributed by atoms with van der Waals surface area (Å²) in [4.78, 5) is 14.6. The average Bonchev–Trinajstić information content (AvgIpc) is 2.85. The lowest BCUT2D eigenvalue weighted by Crippen LogP contribution is -2.42. The van der Waals surface area contributed by atoms with Gasteiger partial charge in [0.25, 0.3) is 5.91 Å². The second kappa shape index (κ2) is 4.63. The molecule has 1 aromatic rings. The summed E-state index contributed by atoms with van der Waals surface area (Å²) < 4.78 is 0. The average molecular weight is 244 g/mol. The van der Waals surface area contributed by atoms with E-state index >= 15 is 0 Å². The normalized spacial score (nSPS) is 22.5. The highest BCUT2D eigenvalue weighted by molar-refractivity contribution is 5.95. The van der Waals surface area contributed by atoms with Crippen molar-refractivity contribution in [3.63, 3.8) is 0 Å². The lowest BCUT2D eigenvalue weighted by Gasteiger charge is -2.33. The molecule has 0 bridgehead atoms. The second-order valence-electron chi connectivity index (χ2n) is 5.39. The highest BCUT2D eigenvalue weighted by Crippen LogP contribution is 2.25. The number of likely N-dealkylation sites (tertiary alicyclic amines) is 1. The molecule has 2 heterocycles. The summed E-state index contributed by atoms with van der Waals surface area (Å²) in [5.74, 6) is 0.205. The Hall–Kier alpha value is -1.51. The number of rotatable bonds is 1. The first-order valence-corrected chi connectivity index (χ1v) is 6.93. The minimum atomic E-state index is 0.205. The standard InChI is InChI=1S/C15H20N2O/c1-11-4-2-3-9-17(11)15(18)13-5-6-14-12(10-13)7-8-16-14/h5-6,10-11,16H,2-4,7-9H2,1H3. The summed E-state index contributed by atoms with van der Waals surface area (Å²) in [6, 6.07) is 6.46. The van der Waals surface area contributed by atoms with E-state index < -0.39 is 0 Å². The highest BCUT2D eigenvalue weighted by Gasteiger charge is 2.24. The molecule has 18 heavy (non-hydrogen) atoms. The number of nitrogens with one attached hydrogen (secondary N) is 1. The molecular weight excluding hydrogens is 224 g/mol. The van der Waals surface area contributed by atoms with E-state index in [9.17, 15) is 4.79 Å². The van der Waals surface area contributed by atoms with Crippen molar-refractivity contribution in [2.45, 2.75) is 38.6 Å². The number of carbonyl (C=O) groups is 1. The molecule has 3 rings (SSSR count). The predicted octanol–water partition coefficient (Wildman–Crippen LogP) is 2.67. The molecule has 0 radical (unpaired) electrons. The number of benzene rings is 1. The number of fused-ring (bicyclic) bond motifs is 1. The molecule has 3 nitrogen and oxygen atoms in total. The van der Waals surface area contributed by atoms with Gasteiger partial charge in [0.2, 0.25) is 0 Å². The fourth-order valence-electron chi connectivity index (χ4n) is 3.00. The van der Waals surface area contributed by atoms with Crippen LogP contribution in [0, 0.1) is 0 Å². The van der Waals surface area contributed by atoms with Gasteiger partial charge in [-0.15, -0.1) is 0 Å². The van der Waals surface area contributed by atoms with Gasteiger partial charge in [-0.1, -0.05) is 0 Å². The van der Waals surface area contributed by atoms with Gasteiger partial charge >= 0.3 is 0 Å². The predicted molar refractivity (Wildman–Crippen MR) is 73.0 cm³/mol. The Morgan fingerprint density at radius 3 is 3.11 bits per heavy atom. The van der Waals surface area contributed by atoms with Gasteiger partial charge in [-0.05, 0) is 56.4 Å². The maximum Gasteiger partial charge on any atom is 0.254 e. The number of anilines is 1. The van der Waals surface area contributed by atoms with Gasteiger partial charge in [0.15, 0.2) is 0 Å². The van der Waals surface area contributed by atoms with Crippen LogP contribution in [-0.2, 0) is 6.42 Å². The van der Waals surface area contributed by atoms with Crippen LogP contribution < -0.4 is 5.32 Å². The zero-order chi connectivity index (χ0) is 12.5. The molecule has 2 aliphatic rings. The molecule has 0 aliphatic carbocycles. The van der Waals surface area contributed by atoms with Crippen LogP contribution in [0.5, 0.6) is 0 Å². The van der Waals surface area contributed by atoms with Crippen LogP contribution in [0.25, 0.3) is 0 Å². The topological polar surface area (TPSA) is 32.3 Å². The Labute approximate surface area is 108 Å². The molecule has 2 aliphatic heterocycles. The van der Waals surface area contributed by atoms with Crippen molar-refractivity contribution < 1.29 is 4.79 Å².